The number of hydrogen-bond donors (Lipinski definition) is 1. The van der Waals surface area contributed by atoms with Crippen LogP contribution in [0.3, 0.4) is 0 Å². The Morgan fingerprint density at radius 3 is 2.86 bits per heavy atom. The maximum atomic E-state index is 11.9. The van der Waals surface area contributed by atoms with Gasteiger partial charge >= 0.3 is 0 Å². The van der Waals surface area contributed by atoms with Gasteiger partial charge in [0, 0.05) is 31.7 Å². The highest BCUT2D eigenvalue weighted by Gasteiger charge is 2.13. The van der Waals surface area contributed by atoms with Crippen LogP contribution in [0.4, 0.5) is 5.82 Å². The monoisotopic (exact) mass is 300 g/mol. The third kappa shape index (κ3) is 3.53. The molecule has 0 radical (unpaired) electrons. The Balaban J connectivity index is 1.62. The van der Waals surface area contributed by atoms with Crippen molar-refractivity contribution in [3.05, 3.63) is 42.4 Å². The first-order chi connectivity index (χ1) is 10.8. The maximum Gasteiger partial charge on any atom is 0.271 e. The van der Waals surface area contributed by atoms with Crippen LogP contribution in [-0.4, -0.2) is 52.1 Å². The van der Waals surface area contributed by atoms with E-state index in [1.807, 2.05) is 6.07 Å². The van der Waals surface area contributed by atoms with Gasteiger partial charge in [-0.25, -0.2) is 15.0 Å². The number of aromatic nitrogens is 4. The number of carbonyl (C=O) groups excluding carboxylic acids is 1. The van der Waals surface area contributed by atoms with Crippen molar-refractivity contribution in [2.24, 2.45) is 0 Å². The number of nitrogens with one attached hydrogen (secondary N) is 1. The molecule has 2 aromatic heterocycles. The normalized spacial score (nSPS) is 14.6. The highest BCUT2D eigenvalue weighted by atomic mass is 16.5. The zero-order chi connectivity index (χ0) is 15.2. The summed E-state index contributed by atoms with van der Waals surface area (Å²) in [5.74, 6) is 1.11. The number of morpholine rings is 1. The fourth-order valence-electron chi connectivity index (χ4n) is 2.11. The molecule has 1 aliphatic rings. The Kier molecular flexibility index (Phi) is 4.50. The number of amides is 1. The Morgan fingerprint density at radius 2 is 2.09 bits per heavy atom. The molecule has 1 aliphatic heterocycles. The molecular formula is C14H16N6O2. The molecule has 0 bridgehead atoms. The minimum Gasteiger partial charge on any atom is -0.378 e. The van der Waals surface area contributed by atoms with Crippen LogP contribution >= 0.6 is 0 Å². The van der Waals surface area contributed by atoms with Gasteiger partial charge < -0.3 is 15.0 Å². The van der Waals surface area contributed by atoms with Crippen molar-refractivity contribution in [1.82, 2.24) is 25.3 Å². The third-order valence-electron chi connectivity index (χ3n) is 3.23. The minimum atomic E-state index is -0.298. The number of anilines is 1. The van der Waals surface area contributed by atoms with E-state index in [-0.39, 0.29) is 18.1 Å². The van der Waals surface area contributed by atoms with Crippen LogP contribution in [0.5, 0.6) is 0 Å². The Hall–Kier alpha value is -2.61. The van der Waals surface area contributed by atoms with E-state index in [1.165, 1.54) is 18.6 Å². The Bertz CT molecular complexity index is 630. The van der Waals surface area contributed by atoms with Crippen molar-refractivity contribution in [2.45, 2.75) is 6.54 Å². The molecule has 8 heteroatoms. The molecule has 1 fully saturated rings. The van der Waals surface area contributed by atoms with Crippen LogP contribution in [-0.2, 0) is 11.3 Å². The van der Waals surface area contributed by atoms with Crippen LogP contribution in [0.2, 0.25) is 0 Å². The fourth-order valence-corrected chi connectivity index (χ4v) is 2.11. The van der Waals surface area contributed by atoms with Gasteiger partial charge in [0.2, 0.25) is 0 Å². The standard InChI is InChI=1S/C14H16N6O2/c21-14(11-9-15-3-4-16-11)18-10-12-17-2-1-13(19-12)20-5-7-22-8-6-20/h1-4,9H,5-8,10H2,(H,18,21). The molecule has 0 atom stereocenters. The van der Waals surface area contributed by atoms with E-state index < -0.39 is 0 Å². The maximum absolute atomic E-state index is 11.9. The van der Waals surface area contributed by atoms with Gasteiger partial charge in [0.15, 0.2) is 0 Å². The second-order valence-corrected chi connectivity index (χ2v) is 4.70. The number of carbonyl (C=O) groups is 1. The van der Waals surface area contributed by atoms with E-state index in [9.17, 15) is 4.79 Å². The molecule has 1 amide bonds. The summed E-state index contributed by atoms with van der Waals surface area (Å²) in [5, 5.41) is 2.74. The van der Waals surface area contributed by atoms with Gasteiger partial charge in [-0.3, -0.25) is 9.78 Å². The lowest BCUT2D eigenvalue weighted by molar-refractivity contribution is 0.0944. The molecular weight excluding hydrogens is 284 g/mol. The molecule has 0 unspecified atom stereocenters. The lowest BCUT2D eigenvalue weighted by atomic mass is 10.4. The first-order valence-corrected chi connectivity index (χ1v) is 7.02. The van der Waals surface area contributed by atoms with E-state index in [0.717, 1.165) is 18.9 Å². The van der Waals surface area contributed by atoms with Crippen LogP contribution in [0.15, 0.2) is 30.9 Å². The third-order valence-corrected chi connectivity index (χ3v) is 3.23. The summed E-state index contributed by atoms with van der Waals surface area (Å²) in [6.07, 6.45) is 6.11. The van der Waals surface area contributed by atoms with E-state index in [0.29, 0.717) is 19.0 Å². The van der Waals surface area contributed by atoms with Gasteiger partial charge in [-0.15, -0.1) is 0 Å². The van der Waals surface area contributed by atoms with Crippen molar-refractivity contribution in [3.8, 4) is 0 Å². The van der Waals surface area contributed by atoms with Crippen molar-refractivity contribution >= 4 is 11.7 Å². The van der Waals surface area contributed by atoms with E-state index in [2.05, 4.69) is 30.2 Å². The summed E-state index contributed by atoms with van der Waals surface area (Å²) in [4.78, 5) is 30.5. The number of ether oxygens (including phenoxy) is 1. The topological polar surface area (TPSA) is 93.1 Å². The molecule has 8 nitrogen and oxygen atoms in total. The van der Waals surface area contributed by atoms with E-state index in [4.69, 9.17) is 4.74 Å². The molecule has 3 rings (SSSR count). The largest absolute Gasteiger partial charge is 0.378 e. The lowest BCUT2D eigenvalue weighted by Crippen LogP contribution is -2.37. The SMILES string of the molecule is O=C(NCc1nccc(N2CCOCC2)n1)c1cnccn1. The van der Waals surface area contributed by atoms with Crippen LogP contribution < -0.4 is 10.2 Å². The smallest absolute Gasteiger partial charge is 0.271 e. The summed E-state index contributed by atoms with van der Waals surface area (Å²) < 4.78 is 5.32. The highest BCUT2D eigenvalue weighted by molar-refractivity contribution is 5.91. The van der Waals surface area contributed by atoms with Crippen LogP contribution in [0.1, 0.15) is 16.3 Å². The van der Waals surface area contributed by atoms with Crippen molar-refractivity contribution < 1.29 is 9.53 Å². The minimum absolute atomic E-state index is 0.244. The summed E-state index contributed by atoms with van der Waals surface area (Å²) in [6.45, 7) is 3.25. The molecule has 1 N–H and O–H groups in total. The van der Waals surface area contributed by atoms with Gasteiger partial charge in [0.05, 0.1) is 26.0 Å². The molecule has 114 valence electrons. The number of rotatable bonds is 4. The molecule has 0 spiro atoms. The number of nitrogens with zero attached hydrogens (tertiary/aromatic N) is 5. The average Bonchev–Trinajstić information content (AvgIpc) is 2.61. The van der Waals surface area contributed by atoms with Crippen molar-refractivity contribution in [2.75, 3.05) is 31.2 Å². The fraction of sp³-hybridized carbons (Fsp3) is 0.357. The molecule has 3 heterocycles. The zero-order valence-electron chi connectivity index (χ0n) is 12.0. The van der Waals surface area contributed by atoms with Gasteiger partial charge in [0.25, 0.3) is 5.91 Å². The molecule has 0 saturated carbocycles. The summed E-state index contributed by atoms with van der Waals surface area (Å²) in [7, 11) is 0. The second-order valence-electron chi connectivity index (χ2n) is 4.70. The van der Waals surface area contributed by atoms with Crippen LogP contribution in [0, 0.1) is 0 Å². The van der Waals surface area contributed by atoms with Crippen LogP contribution in [0.25, 0.3) is 0 Å². The quantitative estimate of drug-likeness (QED) is 0.851. The molecule has 0 aromatic carbocycles. The first-order valence-electron chi connectivity index (χ1n) is 7.02. The van der Waals surface area contributed by atoms with Gasteiger partial charge in [-0.2, -0.15) is 0 Å². The molecule has 22 heavy (non-hydrogen) atoms. The Labute approximate surface area is 127 Å². The van der Waals surface area contributed by atoms with E-state index in [1.54, 1.807) is 6.20 Å². The summed E-state index contributed by atoms with van der Waals surface area (Å²) in [6, 6.07) is 1.86. The first kappa shape index (κ1) is 14.3. The van der Waals surface area contributed by atoms with Crippen molar-refractivity contribution in [3.63, 3.8) is 0 Å². The van der Waals surface area contributed by atoms with E-state index >= 15 is 0 Å². The summed E-state index contributed by atoms with van der Waals surface area (Å²) in [5.41, 5.74) is 0.270. The van der Waals surface area contributed by atoms with Gasteiger partial charge in [0.1, 0.15) is 17.3 Å². The van der Waals surface area contributed by atoms with Gasteiger partial charge in [-0.1, -0.05) is 0 Å². The lowest BCUT2D eigenvalue weighted by Gasteiger charge is -2.27. The Morgan fingerprint density at radius 1 is 1.23 bits per heavy atom. The number of hydrogen-bond acceptors (Lipinski definition) is 7. The van der Waals surface area contributed by atoms with Gasteiger partial charge in [-0.05, 0) is 6.07 Å². The second kappa shape index (κ2) is 6.90. The zero-order valence-corrected chi connectivity index (χ0v) is 12.0. The predicted octanol–water partition coefficient (Wildman–Crippen LogP) is 0.0332. The highest BCUT2D eigenvalue weighted by Crippen LogP contribution is 2.11. The van der Waals surface area contributed by atoms with Crippen molar-refractivity contribution in [1.29, 1.82) is 0 Å². The average molecular weight is 300 g/mol. The molecule has 2 aromatic rings. The predicted molar refractivity (Wildman–Crippen MR) is 78.3 cm³/mol. The summed E-state index contributed by atoms with van der Waals surface area (Å²) >= 11 is 0. The molecule has 1 saturated heterocycles. The molecule has 0 aliphatic carbocycles.